The molecule has 2 nitrogen and oxygen atoms in total. The minimum Gasteiger partial charge on any atom is -0.316 e. The van der Waals surface area contributed by atoms with Crippen LogP contribution in [0.4, 0.5) is 0 Å². The fourth-order valence-corrected chi connectivity index (χ4v) is 1.67. The van der Waals surface area contributed by atoms with E-state index in [0.717, 1.165) is 19.4 Å². The van der Waals surface area contributed by atoms with Crippen molar-refractivity contribution in [2.75, 3.05) is 13.1 Å². The topological polar surface area (TPSA) is 29.1 Å². The molecule has 0 aromatic heterocycles. The van der Waals surface area contributed by atoms with Gasteiger partial charge in [0, 0.05) is 5.92 Å². The summed E-state index contributed by atoms with van der Waals surface area (Å²) in [5.74, 6) is 1.86. The fraction of sp³-hybridized carbons (Fsp3) is 0.833. The Bertz CT molecular complexity index is 114. The van der Waals surface area contributed by atoms with Gasteiger partial charge in [-0.25, -0.2) is 0 Å². The lowest BCUT2D eigenvalue weighted by Crippen LogP contribution is -2.14. The Kier molecular flexibility index (Phi) is 0.742. The van der Waals surface area contributed by atoms with E-state index < -0.39 is 0 Å². The van der Waals surface area contributed by atoms with Crippen LogP contribution in [0, 0.1) is 17.8 Å². The third-order valence-corrected chi connectivity index (χ3v) is 2.32. The molecule has 1 saturated carbocycles. The zero-order valence-electron chi connectivity index (χ0n) is 4.63. The van der Waals surface area contributed by atoms with Crippen molar-refractivity contribution in [3.05, 3.63) is 0 Å². The van der Waals surface area contributed by atoms with Crippen molar-refractivity contribution in [2.24, 2.45) is 17.8 Å². The van der Waals surface area contributed by atoms with Gasteiger partial charge in [0.15, 0.2) is 0 Å². The summed E-state index contributed by atoms with van der Waals surface area (Å²) in [5.41, 5.74) is 0. The van der Waals surface area contributed by atoms with Crippen LogP contribution in [0.15, 0.2) is 0 Å². The summed E-state index contributed by atoms with van der Waals surface area (Å²) < 4.78 is 0. The van der Waals surface area contributed by atoms with Gasteiger partial charge in [-0.05, 0) is 24.9 Å². The number of fused-ring (bicyclic) bond motifs is 1. The Labute approximate surface area is 48.3 Å². The highest BCUT2D eigenvalue weighted by Gasteiger charge is 2.52. The molecule has 1 heterocycles. The van der Waals surface area contributed by atoms with Crippen LogP contribution >= 0.6 is 0 Å². The van der Waals surface area contributed by atoms with E-state index in [2.05, 4.69) is 5.32 Å². The molecule has 2 heteroatoms. The summed E-state index contributed by atoms with van der Waals surface area (Å²) >= 11 is 0. The van der Waals surface area contributed by atoms with Crippen molar-refractivity contribution in [2.45, 2.75) is 0 Å². The van der Waals surface area contributed by atoms with Gasteiger partial charge < -0.3 is 10.1 Å². The maximum Gasteiger partial charge on any atom is 0.123 e. The second kappa shape index (κ2) is 1.32. The molecule has 2 rings (SSSR count). The zero-order chi connectivity index (χ0) is 5.56. The summed E-state index contributed by atoms with van der Waals surface area (Å²) in [5, 5.41) is 3.23. The molecule has 1 aliphatic heterocycles. The quantitative estimate of drug-likeness (QED) is 0.469. The molecule has 0 aromatic rings. The summed E-state index contributed by atoms with van der Waals surface area (Å²) in [7, 11) is 0. The SMILES string of the molecule is O=CC1C2CNC[C@H]12. The maximum atomic E-state index is 10.2. The molecule has 2 fully saturated rings. The maximum absolute atomic E-state index is 10.2. The Hall–Kier alpha value is -0.370. The van der Waals surface area contributed by atoms with Crippen LogP contribution in [-0.4, -0.2) is 19.4 Å². The highest BCUT2D eigenvalue weighted by atomic mass is 16.1. The number of piperidine rings is 1. The van der Waals surface area contributed by atoms with Crippen LogP contribution in [0.5, 0.6) is 0 Å². The highest BCUT2D eigenvalue weighted by molar-refractivity contribution is 5.60. The Balaban J connectivity index is 2.03. The van der Waals surface area contributed by atoms with Gasteiger partial charge in [-0.1, -0.05) is 0 Å². The van der Waals surface area contributed by atoms with Gasteiger partial charge >= 0.3 is 0 Å². The van der Waals surface area contributed by atoms with E-state index in [-0.39, 0.29) is 0 Å². The number of hydrogen-bond acceptors (Lipinski definition) is 2. The molecule has 0 aromatic carbocycles. The first-order chi connectivity index (χ1) is 3.93. The molecular weight excluding hydrogens is 102 g/mol. The zero-order valence-corrected chi connectivity index (χ0v) is 4.63. The molecule has 2 aliphatic rings. The van der Waals surface area contributed by atoms with Gasteiger partial charge in [-0.15, -0.1) is 0 Å². The second-order valence-corrected chi connectivity index (χ2v) is 2.70. The second-order valence-electron chi connectivity index (χ2n) is 2.70. The van der Waals surface area contributed by atoms with E-state index in [1.54, 1.807) is 0 Å². The van der Waals surface area contributed by atoms with Crippen molar-refractivity contribution in [3.8, 4) is 0 Å². The Morgan fingerprint density at radius 2 is 2.00 bits per heavy atom. The van der Waals surface area contributed by atoms with E-state index >= 15 is 0 Å². The van der Waals surface area contributed by atoms with E-state index in [0.29, 0.717) is 17.8 Å². The molecule has 8 heavy (non-hydrogen) atoms. The summed E-state index contributed by atoms with van der Waals surface area (Å²) in [4.78, 5) is 10.2. The minimum absolute atomic E-state index is 0.427. The lowest BCUT2D eigenvalue weighted by atomic mass is 10.3. The predicted molar refractivity (Wildman–Crippen MR) is 29.4 cm³/mol. The van der Waals surface area contributed by atoms with Gasteiger partial charge in [0.25, 0.3) is 0 Å². The Morgan fingerprint density at radius 1 is 1.38 bits per heavy atom. The molecule has 0 spiro atoms. The lowest BCUT2D eigenvalue weighted by molar-refractivity contribution is -0.109. The van der Waals surface area contributed by atoms with Crippen LogP contribution in [0.1, 0.15) is 0 Å². The number of carbonyl (C=O) groups excluding carboxylic acids is 1. The van der Waals surface area contributed by atoms with Crippen LogP contribution in [0.3, 0.4) is 0 Å². The monoisotopic (exact) mass is 111 g/mol. The average Bonchev–Trinajstić information content (AvgIpc) is 2.22. The molecule has 2 unspecified atom stereocenters. The molecule has 0 radical (unpaired) electrons. The fourth-order valence-electron chi connectivity index (χ4n) is 1.67. The minimum atomic E-state index is 0.427. The number of carbonyl (C=O) groups is 1. The molecule has 1 aliphatic carbocycles. The number of hydrogen-bond donors (Lipinski definition) is 1. The van der Waals surface area contributed by atoms with Crippen LogP contribution in [0.25, 0.3) is 0 Å². The van der Waals surface area contributed by atoms with Crippen molar-refractivity contribution in [3.63, 3.8) is 0 Å². The summed E-state index contributed by atoms with van der Waals surface area (Å²) in [6.45, 7) is 2.15. The van der Waals surface area contributed by atoms with E-state index in [9.17, 15) is 4.79 Å². The van der Waals surface area contributed by atoms with Crippen LogP contribution in [-0.2, 0) is 4.79 Å². The average molecular weight is 111 g/mol. The van der Waals surface area contributed by atoms with Gasteiger partial charge in [0.2, 0.25) is 0 Å². The normalized spacial score (nSPS) is 50.8. The van der Waals surface area contributed by atoms with Crippen molar-refractivity contribution in [1.29, 1.82) is 0 Å². The van der Waals surface area contributed by atoms with Crippen molar-refractivity contribution in [1.82, 2.24) is 5.32 Å². The number of rotatable bonds is 1. The van der Waals surface area contributed by atoms with Gasteiger partial charge in [0.1, 0.15) is 6.29 Å². The first-order valence-electron chi connectivity index (χ1n) is 3.09. The van der Waals surface area contributed by atoms with Crippen molar-refractivity contribution >= 4 is 6.29 Å². The lowest BCUT2D eigenvalue weighted by Gasteiger charge is -1.93. The number of nitrogens with one attached hydrogen (secondary N) is 1. The highest BCUT2D eigenvalue weighted by Crippen LogP contribution is 2.46. The van der Waals surface area contributed by atoms with Crippen LogP contribution in [0.2, 0.25) is 0 Å². The molecule has 0 bridgehead atoms. The predicted octanol–water partition coefficient (Wildman–Crippen LogP) is -0.349. The number of aldehydes is 1. The van der Waals surface area contributed by atoms with Crippen LogP contribution < -0.4 is 5.32 Å². The molecule has 1 N–H and O–H groups in total. The van der Waals surface area contributed by atoms with E-state index in [1.165, 1.54) is 0 Å². The molecule has 44 valence electrons. The molecule has 0 amide bonds. The third kappa shape index (κ3) is 0.388. The van der Waals surface area contributed by atoms with E-state index in [1.807, 2.05) is 0 Å². The van der Waals surface area contributed by atoms with Gasteiger partial charge in [-0.3, -0.25) is 0 Å². The van der Waals surface area contributed by atoms with Gasteiger partial charge in [0.05, 0.1) is 0 Å². The molecule has 1 saturated heterocycles. The van der Waals surface area contributed by atoms with Gasteiger partial charge in [-0.2, -0.15) is 0 Å². The largest absolute Gasteiger partial charge is 0.316 e. The first kappa shape index (κ1) is 4.50. The smallest absolute Gasteiger partial charge is 0.123 e. The standard InChI is InChI=1S/C6H9NO/c8-3-6-4-1-7-2-5(4)6/h3-7H,1-2H2/t4-,5?,6?/m0/s1. The third-order valence-electron chi connectivity index (χ3n) is 2.32. The summed E-state index contributed by atoms with van der Waals surface area (Å²) in [6, 6.07) is 0. The molecular formula is C6H9NO. The first-order valence-corrected chi connectivity index (χ1v) is 3.09. The molecule has 3 atom stereocenters. The summed E-state index contributed by atoms with van der Waals surface area (Å²) in [6.07, 6.45) is 1.11. The van der Waals surface area contributed by atoms with E-state index in [4.69, 9.17) is 0 Å². The van der Waals surface area contributed by atoms with Crippen molar-refractivity contribution < 1.29 is 4.79 Å². The Morgan fingerprint density at radius 3 is 2.38 bits per heavy atom.